The Morgan fingerprint density at radius 2 is 1.89 bits per heavy atom. The van der Waals surface area contributed by atoms with E-state index >= 15 is 0 Å². The first-order chi connectivity index (χ1) is 9.22. The van der Waals surface area contributed by atoms with Crippen LogP contribution in [0.5, 0.6) is 0 Å². The Morgan fingerprint density at radius 1 is 1.26 bits per heavy atom. The van der Waals surface area contributed by atoms with E-state index in [4.69, 9.17) is 0 Å². The van der Waals surface area contributed by atoms with Gasteiger partial charge in [-0.3, -0.25) is 4.79 Å². The van der Waals surface area contributed by atoms with Gasteiger partial charge in [0.15, 0.2) is 0 Å². The molecule has 0 aliphatic heterocycles. The number of unbranched alkanes of at least 4 members (excludes halogenated alkanes) is 1. The van der Waals surface area contributed by atoms with Crippen LogP contribution in [0.25, 0.3) is 0 Å². The van der Waals surface area contributed by atoms with E-state index in [1.807, 2.05) is 12.1 Å². The average Bonchev–Trinajstić information content (AvgIpc) is 2.91. The SMILES string of the molecule is CCCCc1ccc(C(C(=O)O)C2CCCC2)cc1. The number of benzene rings is 1. The first kappa shape index (κ1) is 14.1. The largest absolute Gasteiger partial charge is 0.481 e. The maximum atomic E-state index is 11.5. The number of rotatable bonds is 6. The summed E-state index contributed by atoms with van der Waals surface area (Å²) >= 11 is 0. The first-order valence-electron chi connectivity index (χ1n) is 7.54. The summed E-state index contributed by atoms with van der Waals surface area (Å²) in [6.45, 7) is 2.19. The molecule has 1 atom stereocenters. The number of hydrogen-bond acceptors (Lipinski definition) is 1. The number of aryl methyl sites for hydroxylation is 1. The highest BCUT2D eigenvalue weighted by Gasteiger charge is 2.31. The van der Waals surface area contributed by atoms with Crippen molar-refractivity contribution in [3.8, 4) is 0 Å². The Morgan fingerprint density at radius 3 is 2.42 bits per heavy atom. The van der Waals surface area contributed by atoms with Gasteiger partial charge < -0.3 is 5.11 Å². The van der Waals surface area contributed by atoms with Crippen LogP contribution < -0.4 is 0 Å². The van der Waals surface area contributed by atoms with Crippen molar-refractivity contribution in [2.45, 2.75) is 57.8 Å². The molecule has 1 aliphatic carbocycles. The van der Waals surface area contributed by atoms with Crippen LogP contribution >= 0.6 is 0 Å². The summed E-state index contributed by atoms with van der Waals surface area (Å²) < 4.78 is 0. The summed E-state index contributed by atoms with van der Waals surface area (Å²) in [7, 11) is 0. The normalized spacial score (nSPS) is 17.5. The monoisotopic (exact) mass is 260 g/mol. The van der Waals surface area contributed by atoms with Gasteiger partial charge in [-0.05, 0) is 42.7 Å². The fraction of sp³-hybridized carbons (Fsp3) is 0.588. The smallest absolute Gasteiger partial charge is 0.311 e. The summed E-state index contributed by atoms with van der Waals surface area (Å²) in [5, 5.41) is 9.50. The fourth-order valence-electron chi connectivity index (χ4n) is 3.18. The third kappa shape index (κ3) is 3.59. The van der Waals surface area contributed by atoms with Gasteiger partial charge in [0.25, 0.3) is 0 Å². The minimum absolute atomic E-state index is 0.303. The molecule has 1 saturated carbocycles. The summed E-state index contributed by atoms with van der Waals surface area (Å²) in [5.41, 5.74) is 2.31. The van der Waals surface area contributed by atoms with Crippen LogP contribution in [0.3, 0.4) is 0 Å². The zero-order valence-electron chi connectivity index (χ0n) is 11.8. The third-order valence-corrected chi connectivity index (χ3v) is 4.30. The van der Waals surface area contributed by atoms with E-state index < -0.39 is 5.97 Å². The molecule has 1 unspecified atom stereocenters. The van der Waals surface area contributed by atoms with Crippen LogP contribution in [-0.4, -0.2) is 11.1 Å². The molecule has 0 spiro atoms. The van der Waals surface area contributed by atoms with Crippen molar-refractivity contribution < 1.29 is 9.90 Å². The van der Waals surface area contributed by atoms with Crippen molar-refractivity contribution >= 4 is 5.97 Å². The lowest BCUT2D eigenvalue weighted by Crippen LogP contribution is -2.19. The number of carboxylic acids is 1. The van der Waals surface area contributed by atoms with E-state index in [-0.39, 0.29) is 5.92 Å². The molecule has 0 bridgehead atoms. The predicted molar refractivity (Wildman–Crippen MR) is 77.4 cm³/mol. The van der Waals surface area contributed by atoms with Gasteiger partial charge in [0.05, 0.1) is 5.92 Å². The summed E-state index contributed by atoms with van der Waals surface area (Å²) in [6.07, 6.45) is 7.99. The van der Waals surface area contributed by atoms with Crippen LogP contribution in [0.4, 0.5) is 0 Å². The standard InChI is InChI=1S/C17H24O2/c1-2-3-6-13-9-11-15(12-10-13)16(17(18)19)14-7-4-5-8-14/h9-12,14,16H,2-8H2,1H3,(H,18,19). The van der Waals surface area contributed by atoms with Crippen molar-refractivity contribution in [2.24, 2.45) is 5.92 Å². The van der Waals surface area contributed by atoms with Crippen LogP contribution in [0.2, 0.25) is 0 Å². The molecule has 1 aromatic carbocycles. The Labute approximate surface area is 115 Å². The van der Waals surface area contributed by atoms with Gasteiger partial charge in [0, 0.05) is 0 Å². The second-order valence-corrected chi connectivity index (χ2v) is 5.71. The van der Waals surface area contributed by atoms with Crippen LogP contribution in [0.1, 0.15) is 62.5 Å². The number of carboxylic acid groups (broad SMARTS) is 1. The Balaban J connectivity index is 2.10. The third-order valence-electron chi connectivity index (χ3n) is 4.30. The Bertz CT molecular complexity index is 402. The molecule has 0 saturated heterocycles. The van der Waals surface area contributed by atoms with E-state index in [1.165, 1.54) is 31.2 Å². The van der Waals surface area contributed by atoms with E-state index in [9.17, 15) is 9.90 Å². The molecule has 1 aliphatic rings. The molecule has 0 amide bonds. The van der Waals surface area contributed by atoms with Crippen molar-refractivity contribution in [2.75, 3.05) is 0 Å². The van der Waals surface area contributed by atoms with Crippen LogP contribution in [-0.2, 0) is 11.2 Å². The van der Waals surface area contributed by atoms with Crippen molar-refractivity contribution in [3.05, 3.63) is 35.4 Å². The molecule has 0 radical (unpaired) electrons. The van der Waals surface area contributed by atoms with Gasteiger partial charge in [-0.1, -0.05) is 50.5 Å². The Hall–Kier alpha value is -1.31. The fourth-order valence-corrected chi connectivity index (χ4v) is 3.18. The van der Waals surface area contributed by atoms with E-state index in [1.54, 1.807) is 0 Å². The minimum atomic E-state index is -0.659. The zero-order chi connectivity index (χ0) is 13.7. The maximum Gasteiger partial charge on any atom is 0.311 e. The second-order valence-electron chi connectivity index (χ2n) is 5.71. The zero-order valence-corrected chi connectivity index (χ0v) is 11.8. The van der Waals surface area contributed by atoms with Crippen molar-refractivity contribution in [1.29, 1.82) is 0 Å². The van der Waals surface area contributed by atoms with Gasteiger partial charge in [-0.25, -0.2) is 0 Å². The molecule has 2 nitrogen and oxygen atoms in total. The molecule has 1 aromatic rings. The summed E-state index contributed by atoms with van der Waals surface area (Å²) in [6, 6.07) is 8.27. The van der Waals surface area contributed by atoms with Gasteiger partial charge >= 0.3 is 5.97 Å². The molecule has 2 rings (SSSR count). The molecule has 0 aromatic heterocycles. The van der Waals surface area contributed by atoms with Crippen molar-refractivity contribution in [1.82, 2.24) is 0 Å². The summed E-state index contributed by atoms with van der Waals surface area (Å²) in [4.78, 5) is 11.5. The number of hydrogen-bond donors (Lipinski definition) is 1. The highest BCUT2D eigenvalue weighted by molar-refractivity contribution is 5.76. The molecular formula is C17H24O2. The van der Waals surface area contributed by atoms with E-state index in [2.05, 4.69) is 19.1 Å². The predicted octanol–water partition coefficient (Wildman–Crippen LogP) is 4.39. The topological polar surface area (TPSA) is 37.3 Å². The first-order valence-corrected chi connectivity index (χ1v) is 7.54. The lowest BCUT2D eigenvalue weighted by molar-refractivity contribution is -0.140. The van der Waals surface area contributed by atoms with E-state index in [0.717, 1.165) is 24.8 Å². The molecule has 2 heteroatoms. The number of carbonyl (C=O) groups is 1. The van der Waals surface area contributed by atoms with E-state index in [0.29, 0.717) is 5.92 Å². The molecule has 104 valence electrons. The quantitative estimate of drug-likeness (QED) is 0.823. The summed E-state index contributed by atoms with van der Waals surface area (Å²) in [5.74, 6) is -0.630. The van der Waals surface area contributed by atoms with Crippen LogP contribution in [0.15, 0.2) is 24.3 Å². The molecule has 0 heterocycles. The van der Waals surface area contributed by atoms with Crippen molar-refractivity contribution in [3.63, 3.8) is 0 Å². The van der Waals surface area contributed by atoms with Gasteiger partial charge in [0.2, 0.25) is 0 Å². The highest BCUT2D eigenvalue weighted by Crippen LogP contribution is 2.37. The molecule has 1 fully saturated rings. The average molecular weight is 260 g/mol. The van der Waals surface area contributed by atoms with Gasteiger partial charge in [0.1, 0.15) is 0 Å². The second kappa shape index (κ2) is 6.74. The maximum absolute atomic E-state index is 11.5. The minimum Gasteiger partial charge on any atom is -0.481 e. The molecule has 1 N–H and O–H groups in total. The highest BCUT2D eigenvalue weighted by atomic mass is 16.4. The number of aliphatic carboxylic acids is 1. The van der Waals surface area contributed by atoms with Gasteiger partial charge in [-0.2, -0.15) is 0 Å². The lowest BCUT2D eigenvalue weighted by atomic mass is 9.84. The Kier molecular flexibility index (Phi) is 5.00. The van der Waals surface area contributed by atoms with Gasteiger partial charge in [-0.15, -0.1) is 0 Å². The van der Waals surface area contributed by atoms with Crippen LogP contribution in [0, 0.1) is 5.92 Å². The lowest BCUT2D eigenvalue weighted by Gasteiger charge is -2.19. The molecular weight excluding hydrogens is 236 g/mol. The molecule has 19 heavy (non-hydrogen) atoms.